The van der Waals surface area contributed by atoms with Crippen molar-refractivity contribution < 1.29 is 23.8 Å². The molecule has 0 bridgehead atoms. The lowest BCUT2D eigenvalue weighted by molar-refractivity contribution is -0.167. The van der Waals surface area contributed by atoms with Crippen LogP contribution in [0, 0.1) is 0 Å². The Hall–Kier alpha value is -2.04. The molecule has 0 aliphatic carbocycles. The summed E-state index contributed by atoms with van der Waals surface area (Å²) >= 11 is 0. The minimum Gasteiger partial charge on any atom is -0.496 e. The van der Waals surface area contributed by atoms with Gasteiger partial charge in [-0.25, -0.2) is 9.59 Å². The number of para-hydroxylation sites is 1. The summed E-state index contributed by atoms with van der Waals surface area (Å²) in [5, 5.41) is 0. The Balaban J connectivity index is 2.42. The number of benzene rings is 1. The van der Waals surface area contributed by atoms with Crippen molar-refractivity contribution in [3.8, 4) is 5.75 Å². The lowest BCUT2D eigenvalue weighted by Crippen LogP contribution is -2.21. The van der Waals surface area contributed by atoms with E-state index in [2.05, 4.69) is 4.74 Å². The quantitative estimate of drug-likeness (QED) is 0.584. The minimum absolute atomic E-state index is 0.109. The highest BCUT2D eigenvalue weighted by molar-refractivity contribution is 6.29. The lowest BCUT2D eigenvalue weighted by atomic mass is 10.1. The molecule has 1 aromatic rings. The summed E-state index contributed by atoms with van der Waals surface area (Å²) in [5.41, 5.74) is 0.914. The number of carbonyl (C=O) groups is 2. The van der Waals surface area contributed by atoms with Crippen LogP contribution in [0.25, 0.3) is 0 Å². The van der Waals surface area contributed by atoms with Gasteiger partial charge in [-0.1, -0.05) is 18.2 Å². The summed E-state index contributed by atoms with van der Waals surface area (Å²) in [6.45, 7) is 1.89. The van der Waals surface area contributed by atoms with Gasteiger partial charge in [0.05, 0.1) is 20.3 Å². The molecule has 1 rings (SSSR count). The summed E-state index contributed by atoms with van der Waals surface area (Å²) < 4.78 is 14.5. The standard InChI is InChI=1S/C13H16O5/c1-3-17-12(14)13(15)18-9-8-10-6-4-5-7-11(10)16-2/h4-7H,3,8-9H2,1-2H3. The van der Waals surface area contributed by atoms with Crippen LogP contribution in [-0.2, 0) is 25.5 Å². The highest BCUT2D eigenvalue weighted by Crippen LogP contribution is 2.17. The first-order chi connectivity index (χ1) is 8.69. The van der Waals surface area contributed by atoms with Crippen molar-refractivity contribution in [2.24, 2.45) is 0 Å². The maximum Gasteiger partial charge on any atom is 0.417 e. The zero-order valence-corrected chi connectivity index (χ0v) is 10.5. The van der Waals surface area contributed by atoms with Gasteiger partial charge in [0.15, 0.2) is 0 Å². The summed E-state index contributed by atoms with van der Waals surface area (Å²) in [5.74, 6) is -1.20. The predicted molar refractivity (Wildman–Crippen MR) is 64.3 cm³/mol. The van der Waals surface area contributed by atoms with E-state index in [1.54, 1.807) is 14.0 Å². The SMILES string of the molecule is CCOC(=O)C(=O)OCCc1ccccc1OC. The van der Waals surface area contributed by atoms with Crippen molar-refractivity contribution in [3.05, 3.63) is 29.8 Å². The second-order valence-electron chi connectivity index (χ2n) is 3.42. The third-order valence-electron chi connectivity index (χ3n) is 2.24. The number of esters is 2. The van der Waals surface area contributed by atoms with Crippen LogP contribution in [0.15, 0.2) is 24.3 Å². The summed E-state index contributed by atoms with van der Waals surface area (Å²) in [6, 6.07) is 7.41. The maximum absolute atomic E-state index is 11.1. The largest absolute Gasteiger partial charge is 0.496 e. The van der Waals surface area contributed by atoms with Crippen LogP contribution >= 0.6 is 0 Å². The van der Waals surface area contributed by atoms with Gasteiger partial charge in [0, 0.05) is 6.42 Å². The molecule has 0 fully saturated rings. The molecule has 0 saturated carbocycles. The van der Waals surface area contributed by atoms with Gasteiger partial charge < -0.3 is 14.2 Å². The van der Waals surface area contributed by atoms with Gasteiger partial charge in [0.1, 0.15) is 5.75 Å². The number of methoxy groups -OCH3 is 1. The van der Waals surface area contributed by atoms with E-state index in [0.29, 0.717) is 6.42 Å². The fourth-order valence-electron chi connectivity index (χ4n) is 1.41. The highest BCUT2D eigenvalue weighted by atomic mass is 16.6. The smallest absolute Gasteiger partial charge is 0.417 e. The number of hydrogen-bond donors (Lipinski definition) is 0. The van der Waals surface area contributed by atoms with E-state index in [1.165, 1.54) is 0 Å². The van der Waals surface area contributed by atoms with Crippen LogP contribution in [0.3, 0.4) is 0 Å². The Morgan fingerprint density at radius 1 is 1.11 bits per heavy atom. The summed E-state index contributed by atoms with van der Waals surface area (Å²) in [6.07, 6.45) is 0.481. The van der Waals surface area contributed by atoms with Gasteiger partial charge in [0.2, 0.25) is 0 Å². The van der Waals surface area contributed by atoms with Crippen LogP contribution in [0.1, 0.15) is 12.5 Å². The summed E-state index contributed by atoms with van der Waals surface area (Å²) in [4.78, 5) is 22.1. The van der Waals surface area contributed by atoms with E-state index in [1.807, 2.05) is 24.3 Å². The molecule has 0 heterocycles. The predicted octanol–water partition coefficient (Wildman–Crippen LogP) is 1.34. The maximum atomic E-state index is 11.1. The Morgan fingerprint density at radius 3 is 2.44 bits per heavy atom. The average Bonchev–Trinajstić information content (AvgIpc) is 2.39. The number of rotatable bonds is 5. The van der Waals surface area contributed by atoms with Crippen molar-refractivity contribution in [3.63, 3.8) is 0 Å². The van der Waals surface area contributed by atoms with Crippen molar-refractivity contribution in [1.29, 1.82) is 0 Å². The Kier molecular flexibility index (Phi) is 5.70. The average molecular weight is 252 g/mol. The molecular weight excluding hydrogens is 236 g/mol. The van der Waals surface area contributed by atoms with Gasteiger partial charge in [-0.2, -0.15) is 0 Å². The molecule has 0 amide bonds. The molecule has 0 atom stereocenters. The number of carbonyl (C=O) groups excluding carboxylic acids is 2. The Labute approximate surface area is 106 Å². The molecule has 0 spiro atoms. The number of hydrogen-bond acceptors (Lipinski definition) is 5. The molecule has 0 aliphatic rings. The zero-order chi connectivity index (χ0) is 13.4. The van der Waals surface area contributed by atoms with Gasteiger partial charge in [0.25, 0.3) is 0 Å². The number of ether oxygens (including phenoxy) is 3. The second-order valence-corrected chi connectivity index (χ2v) is 3.42. The van der Waals surface area contributed by atoms with Crippen molar-refractivity contribution in [1.82, 2.24) is 0 Å². The van der Waals surface area contributed by atoms with E-state index in [0.717, 1.165) is 11.3 Å². The first-order valence-corrected chi connectivity index (χ1v) is 5.64. The summed E-state index contributed by atoms with van der Waals surface area (Å²) in [7, 11) is 1.57. The van der Waals surface area contributed by atoms with Gasteiger partial charge in [-0.15, -0.1) is 0 Å². The molecule has 1 aromatic carbocycles. The molecule has 0 unspecified atom stereocenters. The normalized spacial score (nSPS) is 9.67. The molecule has 0 aliphatic heterocycles. The highest BCUT2D eigenvalue weighted by Gasteiger charge is 2.16. The fourth-order valence-corrected chi connectivity index (χ4v) is 1.41. The van der Waals surface area contributed by atoms with E-state index < -0.39 is 11.9 Å². The fraction of sp³-hybridized carbons (Fsp3) is 0.385. The van der Waals surface area contributed by atoms with Gasteiger partial charge in [-0.05, 0) is 18.6 Å². The van der Waals surface area contributed by atoms with Crippen molar-refractivity contribution in [2.45, 2.75) is 13.3 Å². The minimum atomic E-state index is -0.966. The van der Waals surface area contributed by atoms with Crippen LogP contribution in [-0.4, -0.2) is 32.3 Å². The molecule has 0 saturated heterocycles. The molecule has 5 heteroatoms. The van der Waals surface area contributed by atoms with E-state index in [4.69, 9.17) is 9.47 Å². The molecule has 0 N–H and O–H groups in total. The van der Waals surface area contributed by atoms with Crippen LogP contribution in [0.4, 0.5) is 0 Å². The van der Waals surface area contributed by atoms with Crippen LogP contribution < -0.4 is 4.74 Å². The van der Waals surface area contributed by atoms with E-state index in [9.17, 15) is 9.59 Å². The van der Waals surface area contributed by atoms with Crippen LogP contribution in [0.2, 0.25) is 0 Å². The zero-order valence-electron chi connectivity index (χ0n) is 10.5. The third kappa shape index (κ3) is 4.08. The van der Waals surface area contributed by atoms with Crippen LogP contribution in [0.5, 0.6) is 5.75 Å². The lowest BCUT2D eigenvalue weighted by Gasteiger charge is -2.08. The van der Waals surface area contributed by atoms with E-state index in [-0.39, 0.29) is 13.2 Å². The second kappa shape index (κ2) is 7.32. The molecule has 5 nitrogen and oxygen atoms in total. The monoisotopic (exact) mass is 252 g/mol. The van der Waals surface area contributed by atoms with E-state index >= 15 is 0 Å². The molecule has 0 radical (unpaired) electrons. The Bertz CT molecular complexity index is 414. The molecular formula is C13H16O5. The molecule has 18 heavy (non-hydrogen) atoms. The van der Waals surface area contributed by atoms with Crippen molar-refractivity contribution in [2.75, 3.05) is 20.3 Å². The first-order valence-electron chi connectivity index (χ1n) is 5.64. The first kappa shape index (κ1) is 14.0. The Morgan fingerprint density at radius 2 is 1.78 bits per heavy atom. The van der Waals surface area contributed by atoms with Gasteiger partial charge >= 0.3 is 11.9 Å². The van der Waals surface area contributed by atoms with Crippen molar-refractivity contribution >= 4 is 11.9 Å². The third-order valence-corrected chi connectivity index (χ3v) is 2.24. The molecule has 98 valence electrons. The topological polar surface area (TPSA) is 61.8 Å². The van der Waals surface area contributed by atoms with Gasteiger partial charge in [-0.3, -0.25) is 0 Å². The molecule has 0 aromatic heterocycles.